The van der Waals surface area contributed by atoms with Crippen molar-refractivity contribution >= 4 is 106 Å². The average molecular weight is 1360 g/mol. The number of aromatic nitrogens is 12. The number of carboxylic acid groups (broad SMARTS) is 3. The molecule has 0 amide bonds. The van der Waals surface area contributed by atoms with E-state index in [-0.39, 0.29) is 36.6 Å². The topological polar surface area (TPSA) is 262 Å². The highest BCUT2D eigenvalue weighted by molar-refractivity contribution is 7.13. The summed E-state index contributed by atoms with van der Waals surface area (Å²) in [5.41, 5.74) is 12.3. The van der Waals surface area contributed by atoms with Crippen molar-refractivity contribution in [2.24, 2.45) is 17.9 Å². The molecule has 13 aromatic rings. The lowest BCUT2D eigenvalue weighted by Gasteiger charge is -2.33. The first kappa shape index (κ1) is 66.5. The van der Waals surface area contributed by atoms with Gasteiger partial charge in [0.25, 0.3) is 0 Å². The largest absolute Gasteiger partial charge is 0.481 e. The van der Waals surface area contributed by atoms with E-state index in [4.69, 9.17) is 0 Å². The fourth-order valence-electron chi connectivity index (χ4n) is 15.3. The van der Waals surface area contributed by atoms with Crippen molar-refractivity contribution in [1.82, 2.24) is 55.7 Å². The van der Waals surface area contributed by atoms with Crippen LogP contribution in [0.4, 0.5) is 0 Å². The monoisotopic (exact) mass is 1350 g/mol. The van der Waals surface area contributed by atoms with E-state index in [1.807, 2.05) is 80.7 Å². The van der Waals surface area contributed by atoms with Crippen LogP contribution in [0, 0.1) is 52.4 Å². The van der Waals surface area contributed by atoms with Crippen LogP contribution >= 0.6 is 23.1 Å². The normalized spacial score (nSPS) is 14.8. The molecule has 21 nitrogen and oxygen atoms in total. The Labute approximate surface area is 571 Å². The highest BCUT2D eigenvalue weighted by Crippen LogP contribution is 2.41. The third-order valence-electron chi connectivity index (χ3n) is 20.0. The van der Waals surface area contributed by atoms with Crippen LogP contribution in [0.5, 0.6) is 0 Å². The van der Waals surface area contributed by atoms with Crippen molar-refractivity contribution in [3.63, 3.8) is 0 Å². The van der Waals surface area contributed by atoms with Crippen LogP contribution in [-0.4, -0.2) is 88.9 Å². The molecule has 23 heteroatoms. The van der Waals surface area contributed by atoms with Crippen LogP contribution in [0.15, 0.2) is 142 Å². The molecule has 3 N–H and O–H groups in total. The standard InChI is InChI=1S/C26H24N4O3.C25H28N4O3S.C24H26N4O3S/c1-17-8-6-11-20-24(17)19(15-28(20)2)16-29-21-12-7-13-27-25(21)30(26(29)33)22(14-23(31)32)18-9-4-3-5-10-18;1-15-11-16(2)21-18(27-33-20(21)12-15)13-28-19-8-7-17(3)26-22(19)29(24(28)32)14-25(23(30)31)9-5-4-6-10-25;1-15-11-16(2)20-17(26-32-19(20)12-15)13-27-18-7-6-10-25-21(18)28(23(27)31)14-24(22(29)30)8-4-3-5-9-24/h3-13,15,22H,14,16H2,1-2H3,(H,31,32);7-8,11-12H,4-6,9-10,13-14H2,1-3H3,(H,30,31);6-7,10-12H,3-5,8-9,13-14H2,1-2H3,(H,29,30)/t22-;;/m1../s1. The molecule has 2 fully saturated rings. The number of aryl methyl sites for hydroxylation is 7. The molecule has 9 aromatic heterocycles. The summed E-state index contributed by atoms with van der Waals surface area (Å²) >= 11 is 2.89. The second kappa shape index (κ2) is 27.1. The summed E-state index contributed by atoms with van der Waals surface area (Å²) in [7, 11) is 2.00. The molecule has 0 aliphatic heterocycles. The van der Waals surface area contributed by atoms with Gasteiger partial charge in [-0.05, 0) is 184 Å². The number of benzene rings is 4. The third-order valence-corrected chi connectivity index (χ3v) is 21.7. The zero-order valence-corrected chi connectivity index (χ0v) is 57.6. The molecule has 2 saturated carbocycles. The van der Waals surface area contributed by atoms with E-state index in [2.05, 4.69) is 105 Å². The number of nitrogens with zero attached hydrogens (tertiary/aromatic N) is 12. The minimum Gasteiger partial charge on any atom is -0.481 e. The highest BCUT2D eigenvalue weighted by Gasteiger charge is 2.43. The van der Waals surface area contributed by atoms with Gasteiger partial charge in [-0.3, -0.25) is 41.8 Å². The van der Waals surface area contributed by atoms with Gasteiger partial charge in [0.2, 0.25) is 0 Å². The summed E-state index contributed by atoms with van der Waals surface area (Å²) in [5.74, 6) is -2.62. The Kier molecular flexibility index (Phi) is 18.4. The molecule has 0 radical (unpaired) electrons. The lowest BCUT2D eigenvalue weighted by molar-refractivity contribution is -0.153. The molecule has 2 aliphatic rings. The number of fused-ring (bicyclic) bond motifs is 6. The first-order valence-electron chi connectivity index (χ1n) is 33.3. The zero-order chi connectivity index (χ0) is 68.9. The number of imidazole rings is 3. The highest BCUT2D eigenvalue weighted by atomic mass is 32.1. The van der Waals surface area contributed by atoms with Crippen LogP contribution < -0.4 is 17.1 Å². The predicted octanol–water partition coefficient (Wildman–Crippen LogP) is 13.4. The number of carboxylic acids is 3. The number of hydrogen-bond donors (Lipinski definition) is 3. The molecule has 0 spiro atoms. The summed E-state index contributed by atoms with van der Waals surface area (Å²) in [6.07, 6.45) is 13.0. The van der Waals surface area contributed by atoms with Crippen molar-refractivity contribution in [3.8, 4) is 0 Å². The van der Waals surface area contributed by atoms with E-state index in [1.165, 1.54) is 38.8 Å². The smallest absolute Gasteiger partial charge is 0.331 e. The number of hydrogen-bond acceptors (Lipinski definition) is 13. The number of rotatable bonds is 16. The van der Waals surface area contributed by atoms with Crippen LogP contribution in [0.2, 0.25) is 0 Å². The van der Waals surface area contributed by atoms with Gasteiger partial charge in [0.15, 0.2) is 16.9 Å². The van der Waals surface area contributed by atoms with Gasteiger partial charge in [0.05, 0.1) is 80.3 Å². The molecule has 0 saturated heterocycles. The maximum absolute atomic E-state index is 13.8. The number of carbonyl (C=O) groups is 3. The summed E-state index contributed by atoms with van der Waals surface area (Å²) < 4.78 is 23.4. The molecule has 1 atom stereocenters. The Morgan fingerprint density at radius 2 is 1.01 bits per heavy atom. The van der Waals surface area contributed by atoms with Crippen molar-refractivity contribution in [1.29, 1.82) is 0 Å². The molecule has 98 heavy (non-hydrogen) atoms. The average Bonchev–Trinajstić information content (AvgIpc) is 1.60. The van der Waals surface area contributed by atoms with Crippen LogP contribution in [0.1, 0.15) is 133 Å². The first-order valence-corrected chi connectivity index (χ1v) is 34.8. The Morgan fingerprint density at radius 3 is 1.55 bits per heavy atom. The SMILES string of the molecule is Cc1cc(C)c2c(Cn3c(=O)n(CC4(C(=O)O)CCCCC4)c4nc(C)ccc43)nsc2c1.Cc1cc(C)c2c(Cn3c(=O)n(CC4(C(=O)O)CCCCC4)c4ncccc43)nsc2c1.Cc1cccc2c1c(Cn1c(=O)n([C@H](CC(=O)O)c3ccccc3)c3ncccc31)cn2C. The minimum absolute atomic E-state index is 0.150. The Balaban J connectivity index is 0.000000132. The molecular formula is C75H78N12O9S2. The molecule has 2 aliphatic carbocycles. The van der Waals surface area contributed by atoms with Gasteiger partial charge >= 0.3 is 35.0 Å². The van der Waals surface area contributed by atoms with Crippen LogP contribution in [0.3, 0.4) is 0 Å². The Hall–Kier alpha value is -10.1. The second-order valence-electron chi connectivity index (χ2n) is 26.9. The van der Waals surface area contributed by atoms with Crippen LogP contribution in [0.25, 0.3) is 64.6 Å². The van der Waals surface area contributed by atoms with E-state index >= 15 is 0 Å². The maximum Gasteiger partial charge on any atom is 0.331 e. The molecule has 4 aromatic carbocycles. The molecule has 0 bridgehead atoms. The maximum atomic E-state index is 13.8. The van der Waals surface area contributed by atoms with Crippen molar-refractivity contribution in [2.45, 2.75) is 151 Å². The van der Waals surface area contributed by atoms with Gasteiger partial charge in [-0.15, -0.1) is 0 Å². The summed E-state index contributed by atoms with van der Waals surface area (Å²) in [6, 6.07) is 34.4. The molecule has 0 unspecified atom stereocenters. The van der Waals surface area contributed by atoms with E-state index in [0.717, 1.165) is 114 Å². The van der Waals surface area contributed by atoms with Gasteiger partial charge in [-0.2, -0.15) is 8.75 Å². The first-order chi connectivity index (χ1) is 47.1. The minimum atomic E-state index is -0.975. The quantitative estimate of drug-likeness (QED) is 0.0813. The third kappa shape index (κ3) is 12.5. The van der Waals surface area contributed by atoms with E-state index < -0.39 is 34.8 Å². The lowest BCUT2D eigenvalue weighted by Crippen LogP contribution is -2.40. The molecule has 15 rings (SSSR count). The molecular weight excluding hydrogens is 1280 g/mol. The van der Waals surface area contributed by atoms with E-state index in [0.29, 0.717) is 78.8 Å². The lowest BCUT2D eigenvalue weighted by atomic mass is 9.74. The fraction of sp³-hybridized carbons (Fsp3) is 0.347. The van der Waals surface area contributed by atoms with Gasteiger partial charge in [0, 0.05) is 66.1 Å². The van der Waals surface area contributed by atoms with Gasteiger partial charge in [-0.25, -0.2) is 29.3 Å². The summed E-state index contributed by atoms with van der Waals surface area (Å²) in [4.78, 5) is 91.0. The summed E-state index contributed by atoms with van der Waals surface area (Å²) in [6.45, 7) is 13.6. The van der Waals surface area contributed by atoms with Gasteiger partial charge in [0.1, 0.15) is 0 Å². The number of pyridine rings is 3. The Morgan fingerprint density at radius 1 is 0.510 bits per heavy atom. The second-order valence-corrected chi connectivity index (χ2v) is 28.5. The van der Waals surface area contributed by atoms with Gasteiger partial charge < -0.3 is 19.9 Å². The van der Waals surface area contributed by atoms with Crippen molar-refractivity contribution in [2.75, 3.05) is 0 Å². The summed E-state index contributed by atoms with van der Waals surface area (Å²) in [5, 5.41) is 33.1. The molecule has 9 heterocycles. The number of aliphatic carboxylic acids is 3. The molecule has 504 valence electrons. The van der Waals surface area contributed by atoms with Crippen molar-refractivity contribution in [3.05, 3.63) is 215 Å². The van der Waals surface area contributed by atoms with Gasteiger partial charge in [-0.1, -0.05) is 93.1 Å². The zero-order valence-electron chi connectivity index (χ0n) is 56.0. The Bertz CT molecular complexity index is 5440. The van der Waals surface area contributed by atoms with E-state index in [1.54, 1.807) is 41.3 Å². The van der Waals surface area contributed by atoms with E-state index in [9.17, 15) is 44.1 Å². The predicted molar refractivity (Wildman–Crippen MR) is 383 cm³/mol. The fourth-order valence-corrected chi connectivity index (χ4v) is 17.2. The van der Waals surface area contributed by atoms with Crippen LogP contribution in [-0.2, 0) is 54.2 Å². The van der Waals surface area contributed by atoms with Crippen molar-refractivity contribution < 1.29 is 29.7 Å².